The Morgan fingerprint density at radius 1 is 1.05 bits per heavy atom. The number of aromatic hydroxyl groups is 1. The Balaban J connectivity index is 1.42. The first kappa shape index (κ1) is 24.9. The molecule has 2 fully saturated rings. The molecule has 0 radical (unpaired) electrons. The molecule has 2 aliphatic rings. The van der Waals surface area contributed by atoms with E-state index in [0.29, 0.717) is 22.3 Å². The fourth-order valence-corrected chi connectivity index (χ4v) is 5.56. The number of aromatic nitrogens is 2. The highest BCUT2D eigenvalue weighted by Crippen LogP contribution is 2.42. The molecule has 0 bridgehead atoms. The number of carbonyl (C=O) groups is 1. The number of rotatable bonds is 6. The summed E-state index contributed by atoms with van der Waals surface area (Å²) in [5, 5.41) is 14.6. The van der Waals surface area contributed by atoms with Gasteiger partial charge in [-0.15, -0.1) is 0 Å². The Morgan fingerprint density at radius 2 is 1.84 bits per heavy atom. The molecule has 1 saturated carbocycles. The van der Waals surface area contributed by atoms with E-state index in [4.69, 9.17) is 33.9 Å². The van der Waals surface area contributed by atoms with E-state index in [9.17, 15) is 9.90 Å². The van der Waals surface area contributed by atoms with Gasteiger partial charge in [-0.3, -0.25) is 9.78 Å². The topological polar surface area (TPSA) is 104 Å². The molecule has 9 heteroatoms. The SMILES string of the molecule is NC1CCCN(c2ccc(Nc3c(C(=O)C4CC4)cnc4c(-c5cc(Cl)c(O)c(Cl)c5)cccc34)cn2)C1. The molecule has 3 heterocycles. The highest BCUT2D eigenvalue weighted by Gasteiger charge is 2.33. The number of Topliss-reactive ketones (excluding diaryl/α,β-unsaturated/α-hetero) is 1. The van der Waals surface area contributed by atoms with Gasteiger partial charge in [-0.2, -0.15) is 0 Å². The third-order valence-electron chi connectivity index (χ3n) is 7.24. The lowest BCUT2D eigenvalue weighted by molar-refractivity contribution is 0.0968. The maximum Gasteiger partial charge on any atom is 0.169 e. The van der Waals surface area contributed by atoms with Crippen LogP contribution in [0.15, 0.2) is 54.9 Å². The Labute approximate surface area is 230 Å². The molecule has 4 aromatic rings. The van der Waals surface area contributed by atoms with E-state index in [-0.39, 0.29) is 33.5 Å². The van der Waals surface area contributed by atoms with Gasteiger partial charge in [0.25, 0.3) is 0 Å². The van der Waals surface area contributed by atoms with Gasteiger partial charge in [0.2, 0.25) is 0 Å². The molecule has 2 aromatic heterocycles. The summed E-state index contributed by atoms with van der Waals surface area (Å²) in [6.07, 6.45) is 7.32. The van der Waals surface area contributed by atoms with Gasteiger partial charge in [0.15, 0.2) is 11.5 Å². The Morgan fingerprint density at radius 3 is 2.53 bits per heavy atom. The molecule has 7 nitrogen and oxygen atoms in total. The molecule has 1 saturated heterocycles. The molecule has 4 N–H and O–H groups in total. The highest BCUT2D eigenvalue weighted by atomic mass is 35.5. The zero-order valence-electron chi connectivity index (χ0n) is 20.6. The fraction of sp³-hybridized carbons (Fsp3) is 0.276. The third-order valence-corrected chi connectivity index (χ3v) is 7.81. The largest absolute Gasteiger partial charge is 0.505 e. The average molecular weight is 548 g/mol. The Kier molecular flexibility index (Phi) is 6.60. The van der Waals surface area contributed by atoms with Crippen molar-refractivity contribution in [1.82, 2.24) is 9.97 Å². The maximum atomic E-state index is 13.3. The van der Waals surface area contributed by atoms with Gasteiger partial charge in [-0.25, -0.2) is 4.98 Å². The molecule has 194 valence electrons. The number of ketones is 1. The quantitative estimate of drug-likeness (QED) is 0.234. The van der Waals surface area contributed by atoms with Crippen molar-refractivity contribution in [3.63, 3.8) is 0 Å². The summed E-state index contributed by atoms with van der Waals surface area (Å²) >= 11 is 12.4. The number of para-hydroxylation sites is 1. The Hall–Kier alpha value is -3.39. The fourth-order valence-electron chi connectivity index (χ4n) is 5.07. The number of fused-ring (bicyclic) bond motifs is 1. The van der Waals surface area contributed by atoms with Crippen LogP contribution in [0.5, 0.6) is 5.75 Å². The number of piperidine rings is 1. The summed E-state index contributed by atoms with van der Waals surface area (Å²) < 4.78 is 0. The summed E-state index contributed by atoms with van der Waals surface area (Å²) in [6.45, 7) is 1.74. The normalized spacial score (nSPS) is 17.6. The molecular weight excluding hydrogens is 521 g/mol. The monoisotopic (exact) mass is 547 g/mol. The van der Waals surface area contributed by atoms with Crippen LogP contribution in [0.4, 0.5) is 17.2 Å². The number of nitrogens with one attached hydrogen (secondary N) is 1. The second-order valence-corrected chi connectivity index (χ2v) is 10.9. The minimum Gasteiger partial charge on any atom is -0.505 e. The lowest BCUT2D eigenvalue weighted by Crippen LogP contribution is -2.43. The average Bonchev–Trinajstić information content (AvgIpc) is 3.77. The van der Waals surface area contributed by atoms with Gasteiger partial charge in [0, 0.05) is 42.2 Å². The lowest BCUT2D eigenvalue weighted by Gasteiger charge is -2.31. The summed E-state index contributed by atoms with van der Waals surface area (Å²) in [4.78, 5) is 24.9. The van der Waals surface area contributed by atoms with Crippen LogP contribution in [0.1, 0.15) is 36.0 Å². The van der Waals surface area contributed by atoms with Crippen molar-refractivity contribution in [2.75, 3.05) is 23.3 Å². The van der Waals surface area contributed by atoms with E-state index in [2.05, 4.69) is 15.2 Å². The van der Waals surface area contributed by atoms with Gasteiger partial charge in [0.05, 0.1) is 38.7 Å². The molecule has 0 amide bonds. The molecule has 1 atom stereocenters. The third kappa shape index (κ3) is 4.77. The van der Waals surface area contributed by atoms with Crippen LogP contribution >= 0.6 is 23.2 Å². The van der Waals surface area contributed by atoms with Crippen molar-refractivity contribution in [2.24, 2.45) is 11.7 Å². The number of nitrogens with zero attached hydrogens (tertiary/aromatic N) is 3. The van der Waals surface area contributed by atoms with E-state index < -0.39 is 0 Å². The van der Waals surface area contributed by atoms with Crippen molar-refractivity contribution in [3.05, 3.63) is 70.5 Å². The first-order chi connectivity index (χ1) is 18.4. The number of halogens is 2. The van der Waals surface area contributed by atoms with Crippen molar-refractivity contribution >= 4 is 57.1 Å². The summed E-state index contributed by atoms with van der Waals surface area (Å²) in [7, 11) is 0. The smallest absolute Gasteiger partial charge is 0.169 e. The minimum absolute atomic E-state index is 0.0384. The summed E-state index contributed by atoms with van der Waals surface area (Å²) in [6, 6.07) is 13.2. The van der Waals surface area contributed by atoms with Gasteiger partial charge >= 0.3 is 0 Å². The van der Waals surface area contributed by atoms with Gasteiger partial charge < -0.3 is 21.1 Å². The molecule has 38 heavy (non-hydrogen) atoms. The van der Waals surface area contributed by atoms with E-state index in [1.165, 1.54) is 0 Å². The standard InChI is InChI=1S/C29H27Cl2N5O2/c30-23-11-17(12-24(31)29(23)38)20-4-1-5-21-26(20)34-14-22(28(37)16-6-7-16)27(21)35-19-8-9-25(33-13-19)36-10-2-3-18(32)15-36/h1,4-5,8-9,11-14,16,18,38H,2-3,6-7,10,15,32H2,(H,34,35). The van der Waals surface area contributed by atoms with E-state index in [0.717, 1.165) is 61.2 Å². The first-order valence-corrected chi connectivity index (χ1v) is 13.5. The minimum atomic E-state index is -0.160. The van der Waals surface area contributed by atoms with E-state index >= 15 is 0 Å². The zero-order valence-corrected chi connectivity index (χ0v) is 22.1. The predicted molar refractivity (Wildman–Crippen MR) is 153 cm³/mol. The van der Waals surface area contributed by atoms with Crippen LogP contribution in [0, 0.1) is 5.92 Å². The molecule has 6 rings (SSSR count). The van der Waals surface area contributed by atoms with Crippen molar-refractivity contribution in [3.8, 4) is 16.9 Å². The van der Waals surface area contributed by atoms with E-state index in [1.807, 2.05) is 30.3 Å². The second kappa shape index (κ2) is 10.1. The van der Waals surface area contributed by atoms with Gasteiger partial charge in [-0.1, -0.05) is 41.4 Å². The maximum absolute atomic E-state index is 13.3. The summed E-state index contributed by atoms with van der Waals surface area (Å²) in [5.41, 5.74) is 10.4. The molecule has 2 aromatic carbocycles. The molecule has 1 aliphatic carbocycles. The van der Waals surface area contributed by atoms with Crippen molar-refractivity contribution in [1.29, 1.82) is 0 Å². The number of hydrogen-bond donors (Lipinski definition) is 3. The molecule has 0 spiro atoms. The van der Waals surface area contributed by atoms with Crippen LogP contribution in [-0.2, 0) is 0 Å². The number of pyridine rings is 2. The van der Waals surface area contributed by atoms with Crippen LogP contribution in [0.2, 0.25) is 10.0 Å². The number of phenolic OH excluding ortho intramolecular Hbond substituents is 1. The van der Waals surface area contributed by atoms with Crippen molar-refractivity contribution in [2.45, 2.75) is 31.7 Å². The van der Waals surface area contributed by atoms with Crippen LogP contribution < -0.4 is 16.0 Å². The summed E-state index contributed by atoms with van der Waals surface area (Å²) in [5.74, 6) is 0.863. The predicted octanol–water partition coefficient (Wildman–Crippen LogP) is 6.57. The lowest BCUT2D eigenvalue weighted by atomic mass is 9.97. The molecule has 1 unspecified atom stereocenters. The first-order valence-electron chi connectivity index (χ1n) is 12.8. The second-order valence-electron chi connectivity index (χ2n) is 10.1. The van der Waals surface area contributed by atoms with Crippen LogP contribution in [-0.4, -0.2) is 40.0 Å². The number of benzene rings is 2. The number of anilines is 3. The van der Waals surface area contributed by atoms with Gasteiger partial charge in [-0.05, 0) is 55.5 Å². The van der Waals surface area contributed by atoms with Gasteiger partial charge in [0.1, 0.15) is 5.82 Å². The van der Waals surface area contributed by atoms with E-state index in [1.54, 1.807) is 24.5 Å². The van der Waals surface area contributed by atoms with Crippen LogP contribution in [0.3, 0.4) is 0 Å². The number of hydrogen-bond acceptors (Lipinski definition) is 7. The molecular formula is C29H27Cl2N5O2. The molecule has 1 aliphatic heterocycles. The highest BCUT2D eigenvalue weighted by molar-refractivity contribution is 6.37. The number of nitrogens with two attached hydrogens (primary N) is 1. The van der Waals surface area contributed by atoms with Crippen LogP contribution in [0.25, 0.3) is 22.0 Å². The Bertz CT molecular complexity index is 1520. The number of carbonyl (C=O) groups excluding carboxylic acids is 1. The number of phenols is 1. The van der Waals surface area contributed by atoms with Crippen molar-refractivity contribution < 1.29 is 9.90 Å². The zero-order chi connectivity index (χ0) is 26.4.